The summed E-state index contributed by atoms with van der Waals surface area (Å²) in [5.74, 6) is 2.86. The summed E-state index contributed by atoms with van der Waals surface area (Å²) in [5.41, 5.74) is 1.47. The molecule has 2 saturated carbocycles. The van der Waals surface area contributed by atoms with Gasteiger partial charge in [-0.3, -0.25) is 4.79 Å². The molecule has 130 valence electrons. The van der Waals surface area contributed by atoms with Crippen LogP contribution in [0.1, 0.15) is 43.0 Å². The second kappa shape index (κ2) is 6.82. The van der Waals surface area contributed by atoms with Gasteiger partial charge < -0.3 is 10.6 Å². The Morgan fingerprint density at radius 3 is 2.72 bits per heavy atom. The van der Waals surface area contributed by atoms with Crippen molar-refractivity contribution < 1.29 is 4.79 Å². The lowest BCUT2D eigenvalue weighted by atomic mass is 9.84. The third-order valence-corrected chi connectivity index (χ3v) is 5.74. The van der Waals surface area contributed by atoms with Crippen molar-refractivity contribution in [1.82, 2.24) is 15.3 Å². The first kappa shape index (κ1) is 16.1. The maximum Gasteiger partial charge on any atom is 0.251 e. The smallest absolute Gasteiger partial charge is 0.251 e. The standard InChI is InChI=1S/C20H24N4O/c1-13(18-11-14-6-7-15(18)10-14)23-19(25)16-4-2-5-17(12-16)24-20-21-8-3-9-22-20/h2-5,8-9,12-15,18H,6-7,10-11H2,1H3,(H,23,25)(H,21,22,24). The van der Waals surface area contributed by atoms with Crippen LogP contribution in [0, 0.1) is 17.8 Å². The van der Waals surface area contributed by atoms with Crippen molar-refractivity contribution in [3.05, 3.63) is 48.3 Å². The number of nitrogens with zero attached hydrogens (tertiary/aromatic N) is 2. The lowest BCUT2D eigenvalue weighted by Crippen LogP contribution is -2.40. The van der Waals surface area contributed by atoms with Crippen molar-refractivity contribution in [2.24, 2.45) is 17.8 Å². The van der Waals surface area contributed by atoms with Gasteiger partial charge in [-0.1, -0.05) is 12.5 Å². The Labute approximate surface area is 148 Å². The van der Waals surface area contributed by atoms with Crippen LogP contribution in [-0.2, 0) is 0 Å². The summed E-state index contributed by atoms with van der Waals surface area (Å²) in [5, 5.41) is 6.34. The van der Waals surface area contributed by atoms with Crippen molar-refractivity contribution in [2.45, 2.75) is 38.6 Å². The predicted octanol–water partition coefficient (Wildman–Crippen LogP) is 3.77. The SMILES string of the molecule is CC(NC(=O)c1cccc(Nc2ncccn2)c1)C1CC2CCC1C2. The first-order valence-corrected chi connectivity index (χ1v) is 9.14. The van der Waals surface area contributed by atoms with Crippen LogP contribution < -0.4 is 10.6 Å². The predicted molar refractivity (Wildman–Crippen MR) is 97.6 cm³/mol. The molecule has 0 aliphatic heterocycles. The molecule has 1 amide bonds. The first-order valence-electron chi connectivity index (χ1n) is 9.14. The molecule has 4 unspecified atom stereocenters. The Bertz CT molecular complexity index is 748. The largest absolute Gasteiger partial charge is 0.349 e. The van der Waals surface area contributed by atoms with Crippen molar-refractivity contribution >= 4 is 17.5 Å². The number of hydrogen-bond acceptors (Lipinski definition) is 4. The summed E-state index contributed by atoms with van der Waals surface area (Å²) in [6.45, 7) is 2.16. The number of nitrogens with one attached hydrogen (secondary N) is 2. The third kappa shape index (κ3) is 3.50. The Kier molecular flexibility index (Phi) is 4.38. The number of fused-ring (bicyclic) bond motifs is 2. The van der Waals surface area contributed by atoms with Gasteiger partial charge in [0, 0.05) is 29.7 Å². The minimum atomic E-state index is -0.00657. The van der Waals surface area contributed by atoms with E-state index < -0.39 is 0 Å². The molecule has 2 aromatic rings. The number of benzene rings is 1. The first-order chi connectivity index (χ1) is 12.2. The molecule has 0 spiro atoms. The highest BCUT2D eigenvalue weighted by Crippen LogP contribution is 2.49. The molecule has 4 rings (SSSR count). The minimum Gasteiger partial charge on any atom is -0.349 e. The molecule has 4 atom stereocenters. The molecule has 1 aromatic heterocycles. The van der Waals surface area contributed by atoms with E-state index >= 15 is 0 Å². The Hall–Kier alpha value is -2.43. The second-order valence-corrected chi connectivity index (χ2v) is 7.38. The van der Waals surface area contributed by atoms with E-state index in [1.54, 1.807) is 18.5 Å². The Morgan fingerprint density at radius 2 is 2.00 bits per heavy atom. The molecule has 2 aliphatic rings. The average Bonchev–Trinajstić information content (AvgIpc) is 3.26. The zero-order valence-electron chi connectivity index (χ0n) is 14.5. The third-order valence-electron chi connectivity index (χ3n) is 5.74. The molecule has 5 nitrogen and oxygen atoms in total. The fourth-order valence-electron chi connectivity index (χ4n) is 4.53. The van der Waals surface area contributed by atoms with E-state index in [1.165, 1.54) is 25.7 Å². The van der Waals surface area contributed by atoms with E-state index in [0.717, 1.165) is 17.5 Å². The number of rotatable bonds is 5. The van der Waals surface area contributed by atoms with Crippen LogP contribution in [0.15, 0.2) is 42.7 Å². The fraction of sp³-hybridized carbons (Fsp3) is 0.450. The van der Waals surface area contributed by atoms with Gasteiger partial charge in [-0.2, -0.15) is 0 Å². The number of carbonyl (C=O) groups excluding carboxylic acids is 1. The second-order valence-electron chi connectivity index (χ2n) is 7.38. The molecule has 2 aliphatic carbocycles. The van der Waals surface area contributed by atoms with Crippen LogP contribution in [0.4, 0.5) is 11.6 Å². The summed E-state index contributed by atoms with van der Waals surface area (Å²) in [7, 11) is 0. The monoisotopic (exact) mass is 336 g/mol. The molecule has 0 saturated heterocycles. The van der Waals surface area contributed by atoms with E-state index in [1.807, 2.05) is 24.3 Å². The lowest BCUT2D eigenvalue weighted by Gasteiger charge is -2.28. The molecular weight excluding hydrogens is 312 g/mol. The highest BCUT2D eigenvalue weighted by Gasteiger charge is 2.42. The summed E-state index contributed by atoms with van der Waals surface area (Å²) in [4.78, 5) is 20.9. The molecular formula is C20H24N4O. The van der Waals surface area contributed by atoms with E-state index in [4.69, 9.17) is 0 Å². The van der Waals surface area contributed by atoms with E-state index in [9.17, 15) is 4.79 Å². The van der Waals surface area contributed by atoms with Crippen molar-refractivity contribution in [1.29, 1.82) is 0 Å². The van der Waals surface area contributed by atoms with Gasteiger partial charge in [-0.15, -0.1) is 0 Å². The van der Waals surface area contributed by atoms with Crippen LogP contribution in [0.5, 0.6) is 0 Å². The molecule has 2 bridgehead atoms. The summed E-state index contributed by atoms with van der Waals surface area (Å²) >= 11 is 0. The van der Waals surface area contributed by atoms with Gasteiger partial charge in [0.25, 0.3) is 5.91 Å². The van der Waals surface area contributed by atoms with Gasteiger partial charge in [-0.05, 0) is 68.2 Å². The maximum absolute atomic E-state index is 12.7. The molecule has 5 heteroatoms. The van der Waals surface area contributed by atoms with E-state index in [2.05, 4.69) is 27.5 Å². The fourth-order valence-corrected chi connectivity index (χ4v) is 4.53. The Balaban J connectivity index is 1.41. The molecule has 0 radical (unpaired) electrons. The molecule has 2 N–H and O–H groups in total. The highest BCUT2D eigenvalue weighted by atomic mass is 16.1. The van der Waals surface area contributed by atoms with E-state index in [0.29, 0.717) is 17.4 Å². The van der Waals surface area contributed by atoms with Gasteiger partial charge in [-0.25, -0.2) is 9.97 Å². The number of carbonyl (C=O) groups is 1. The molecule has 1 aromatic carbocycles. The van der Waals surface area contributed by atoms with Crippen LogP contribution in [0.3, 0.4) is 0 Å². The van der Waals surface area contributed by atoms with Gasteiger partial charge in [0.15, 0.2) is 0 Å². The molecule has 25 heavy (non-hydrogen) atoms. The van der Waals surface area contributed by atoms with Gasteiger partial charge in [0.1, 0.15) is 0 Å². The summed E-state index contributed by atoms with van der Waals surface area (Å²) < 4.78 is 0. The van der Waals surface area contributed by atoms with Crippen LogP contribution in [0.2, 0.25) is 0 Å². The van der Waals surface area contributed by atoms with Crippen LogP contribution in [0.25, 0.3) is 0 Å². The topological polar surface area (TPSA) is 66.9 Å². The molecule has 1 heterocycles. The zero-order valence-corrected chi connectivity index (χ0v) is 14.5. The van der Waals surface area contributed by atoms with Crippen molar-refractivity contribution in [2.75, 3.05) is 5.32 Å². The van der Waals surface area contributed by atoms with Crippen LogP contribution in [-0.4, -0.2) is 21.9 Å². The number of hydrogen-bond donors (Lipinski definition) is 2. The van der Waals surface area contributed by atoms with E-state index in [-0.39, 0.29) is 11.9 Å². The van der Waals surface area contributed by atoms with Crippen molar-refractivity contribution in [3.63, 3.8) is 0 Å². The quantitative estimate of drug-likeness (QED) is 0.872. The van der Waals surface area contributed by atoms with Gasteiger partial charge in [0.05, 0.1) is 0 Å². The summed E-state index contributed by atoms with van der Waals surface area (Å²) in [6.07, 6.45) is 8.73. The number of aromatic nitrogens is 2. The normalized spacial score (nSPS) is 25.6. The molecule has 2 fully saturated rings. The number of amides is 1. The van der Waals surface area contributed by atoms with Crippen LogP contribution >= 0.6 is 0 Å². The lowest BCUT2D eigenvalue weighted by molar-refractivity contribution is 0.0915. The van der Waals surface area contributed by atoms with Crippen molar-refractivity contribution in [3.8, 4) is 0 Å². The highest BCUT2D eigenvalue weighted by molar-refractivity contribution is 5.95. The summed E-state index contributed by atoms with van der Waals surface area (Å²) in [6, 6.07) is 9.48. The maximum atomic E-state index is 12.7. The Morgan fingerprint density at radius 1 is 1.16 bits per heavy atom. The van der Waals surface area contributed by atoms with Gasteiger partial charge in [0.2, 0.25) is 5.95 Å². The average molecular weight is 336 g/mol. The van der Waals surface area contributed by atoms with Gasteiger partial charge >= 0.3 is 0 Å². The minimum absolute atomic E-state index is 0.00657. The zero-order chi connectivity index (χ0) is 17.2. The number of anilines is 2.